The van der Waals surface area contributed by atoms with Crippen LogP contribution in [0.15, 0.2) is 29.4 Å². The number of hydrogen-bond acceptors (Lipinski definition) is 9. The number of benzene rings is 1. The second-order valence-corrected chi connectivity index (χ2v) is 8.98. The Hall–Kier alpha value is -2.89. The molecule has 1 aromatic carbocycles. The third-order valence-electron chi connectivity index (χ3n) is 4.64. The average molecular weight is 509 g/mol. The predicted molar refractivity (Wildman–Crippen MR) is 127 cm³/mol. The Labute approximate surface area is 203 Å². The topological polar surface area (TPSA) is 112 Å². The van der Waals surface area contributed by atoms with Gasteiger partial charge in [-0.1, -0.05) is 35.5 Å². The van der Waals surface area contributed by atoms with Gasteiger partial charge in [0.1, 0.15) is 9.88 Å². The smallest absolute Gasteiger partial charge is 0.348 e. The summed E-state index contributed by atoms with van der Waals surface area (Å²) in [5.74, 6) is -1.02. The van der Waals surface area contributed by atoms with E-state index in [1.807, 2.05) is 29.7 Å². The maximum absolute atomic E-state index is 12.7. The molecule has 0 unspecified atom stereocenters. The van der Waals surface area contributed by atoms with Crippen molar-refractivity contribution in [1.29, 1.82) is 0 Å². The number of thiophene rings is 1. The van der Waals surface area contributed by atoms with Crippen LogP contribution in [0.25, 0.3) is 11.4 Å². The van der Waals surface area contributed by atoms with E-state index in [-0.39, 0.29) is 27.1 Å². The van der Waals surface area contributed by atoms with Crippen molar-refractivity contribution in [2.75, 3.05) is 25.3 Å². The van der Waals surface area contributed by atoms with E-state index in [0.29, 0.717) is 28.1 Å². The van der Waals surface area contributed by atoms with Crippen LogP contribution in [0.3, 0.4) is 0 Å². The Kier molecular flexibility index (Phi) is 8.11. The van der Waals surface area contributed by atoms with Crippen molar-refractivity contribution in [3.8, 4) is 11.4 Å². The Morgan fingerprint density at radius 1 is 1.15 bits per heavy atom. The number of methoxy groups -OCH3 is 2. The monoisotopic (exact) mass is 508 g/mol. The van der Waals surface area contributed by atoms with E-state index in [1.165, 1.54) is 26.0 Å². The number of aromatic nitrogens is 3. The van der Waals surface area contributed by atoms with Crippen molar-refractivity contribution in [3.05, 3.63) is 45.3 Å². The molecule has 3 rings (SSSR count). The second-order valence-electron chi connectivity index (χ2n) is 6.61. The van der Waals surface area contributed by atoms with Crippen LogP contribution in [-0.2, 0) is 20.8 Å². The van der Waals surface area contributed by atoms with Crippen molar-refractivity contribution in [2.24, 2.45) is 0 Å². The summed E-state index contributed by atoms with van der Waals surface area (Å²) in [6, 6.07) is 7.32. The molecule has 9 nitrogen and oxygen atoms in total. The molecule has 0 bridgehead atoms. The van der Waals surface area contributed by atoms with Gasteiger partial charge in [-0.05, 0) is 31.5 Å². The first-order valence-corrected chi connectivity index (χ1v) is 11.9. The molecule has 0 spiro atoms. The van der Waals surface area contributed by atoms with Gasteiger partial charge in [0.25, 0.3) is 0 Å². The molecule has 0 saturated carbocycles. The van der Waals surface area contributed by atoms with Crippen LogP contribution in [0.1, 0.15) is 32.5 Å². The largest absolute Gasteiger partial charge is 0.465 e. The Morgan fingerprint density at radius 2 is 1.85 bits per heavy atom. The third kappa shape index (κ3) is 5.21. The second kappa shape index (κ2) is 10.8. The molecule has 0 aliphatic carbocycles. The van der Waals surface area contributed by atoms with Gasteiger partial charge in [0.2, 0.25) is 5.91 Å². The van der Waals surface area contributed by atoms with Crippen LogP contribution in [-0.4, -0.2) is 52.6 Å². The van der Waals surface area contributed by atoms with Crippen LogP contribution in [0.2, 0.25) is 5.02 Å². The predicted octanol–water partition coefficient (Wildman–Crippen LogP) is 4.29. The molecule has 0 atom stereocenters. The molecule has 0 aliphatic heterocycles. The van der Waals surface area contributed by atoms with Crippen LogP contribution in [0.5, 0.6) is 0 Å². The third-order valence-corrected chi connectivity index (χ3v) is 7.12. The number of thioether (sulfide) groups is 1. The summed E-state index contributed by atoms with van der Waals surface area (Å²) in [5, 5.41) is 12.5. The van der Waals surface area contributed by atoms with Gasteiger partial charge in [-0.25, -0.2) is 9.59 Å². The quantitative estimate of drug-likeness (QED) is 0.354. The van der Waals surface area contributed by atoms with Crippen molar-refractivity contribution in [2.45, 2.75) is 25.5 Å². The van der Waals surface area contributed by atoms with Gasteiger partial charge in [0.05, 0.1) is 30.6 Å². The molecular weight excluding hydrogens is 488 g/mol. The molecule has 0 saturated heterocycles. The number of halogens is 1. The minimum Gasteiger partial charge on any atom is -0.465 e. The fourth-order valence-electron chi connectivity index (χ4n) is 3.05. The zero-order valence-corrected chi connectivity index (χ0v) is 20.7. The molecule has 1 amide bonds. The molecular formula is C21H21ClN4O5S2. The summed E-state index contributed by atoms with van der Waals surface area (Å²) < 4.78 is 11.4. The number of rotatable bonds is 8. The first-order valence-electron chi connectivity index (χ1n) is 9.73. The van der Waals surface area contributed by atoms with Crippen LogP contribution < -0.4 is 5.32 Å². The standard InChI is InChI=1S/C21H21ClN4O5S2/c1-5-26-17(12-8-6-7-9-13(12)22)24-25-21(26)32-10-14(27)23-18-15(19(28)30-3)11(2)16(33-18)20(29)31-4/h6-9H,5,10H2,1-4H3,(H,23,27). The molecule has 33 heavy (non-hydrogen) atoms. The lowest BCUT2D eigenvalue weighted by Gasteiger charge is -2.09. The summed E-state index contributed by atoms with van der Waals surface area (Å²) >= 11 is 8.44. The molecule has 1 N–H and O–H groups in total. The Balaban J connectivity index is 1.79. The van der Waals surface area contributed by atoms with Gasteiger partial charge < -0.3 is 19.4 Å². The zero-order valence-electron chi connectivity index (χ0n) is 18.3. The van der Waals surface area contributed by atoms with Crippen molar-refractivity contribution >= 4 is 57.5 Å². The first-order chi connectivity index (χ1) is 15.8. The number of esters is 2. The van der Waals surface area contributed by atoms with Gasteiger partial charge in [-0.3, -0.25) is 4.79 Å². The van der Waals surface area contributed by atoms with Gasteiger partial charge in [0, 0.05) is 12.1 Å². The van der Waals surface area contributed by atoms with E-state index in [0.717, 1.165) is 16.9 Å². The molecule has 12 heteroatoms. The first kappa shape index (κ1) is 24.7. The average Bonchev–Trinajstić information content (AvgIpc) is 3.37. The maximum Gasteiger partial charge on any atom is 0.348 e. The highest BCUT2D eigenvalue weighted by Gasteiger charge is 2.27. The maximum atomic E-state index is 12.7. The van der Waals surface area contributed by atoms with E-state index in [4.69, 9.17) is 21.1 Å². The van der Waals surface area contributed by atoms with E-state index in [9.17, 15) is 14.4 Å². The number of nitrogens with one attached hydrogen (secondary N) is 1. The van der Waals surface area contributed by atoms with Crippen LogP contribution in [0.4, 0.5) is 5.00 Å². The normalized spacial score (nSPS) is 10.7. The molecule has 174 valence electrons. The fourth-order valence-corrected chi connectivity index (χ4v) is 5.20. The van der Waals surface area contributed by atoms with Crippen molar-refractivity contribution in [1.82, 2.24) is 14.8 Å². The van der Waals surface area contributed by atoms with Gasteiger partial charge in [-0.15, -0.1) is 21.5 Å². The van der Waals surface area contributed by atoms with E-state index in [1.54, 1.807) is 13.0 Å². The number of amides is 1. The molecule has 0 radical (unpaired) electrons. The molecule has 0 fully saturated rings. The summed E-state index contributed by atoms with van der Waals surface area (Å²) in [6.45, 7) is 4.12. The Morgan fingerprint density at radius 3 is 2.48 bits per heavy atom. The summed E-state index contributed by atoms with van der Waals surface area (Å²) in [7, 11) is 2.47. The highest BCUT2D eigenvalue weighted by molar-refractivity contribution is 7.99. The minimum atomic E-state index is -0.656. The van der Waals surface area contributed by atoms with E-state index >= 15 is 0 Å². The lowest BCUT2D eigenvalue weighted by molar-refractivity contribution is -0.113. The number of carbonyl (C=O) groups is 3. The van der Waals surface area contributed by atoms with E-state index in [2.05, 4.69) is 15.5 Å². The lowest BCUT2D eigenvalue weighted by atomic mass is 10.1. The van der Waals surface area contributed by atoms with Gasteiger partial charge in [-0.2, -0.15) is 0 Å². The highest BCUT2D eigenvalue weighted by Crippen LogP contribution is 2.34. The number of hydrogen-bond donors (Lipinski definition) is 1. The van der Waals surface area contributed by atoms with Crippen molar-refractivity contribution < 1.29 is 23.9 Å². The molecule has 2 aromatic heterocycles. The molecule has 2 heterocycles. The number of carbonyl (C=O) groups excluding carboxylic acids is 3. The number of ether oxygens (including phenoxy) is 2. The fraction of sp³-hybridized carbons (Fsp3) is 0.286. The Bertz CT molecular complexity index is 1210. The number of anilines is 1. The zero-order chi connectivity index (χ0) is 24.1. The molecule has 0 aliphatic rings. The summed E-state index contributed by atoms with van der Waals surface area (Å²) in [5.41, 5.74) is 1.26. The van der Waals surface area contributed by atoms with Gasteiger partial charge in [0.15, 0.2) is 11.0 Å². The van der Waals surface area contributed by atoms with Crippen LogP contribution in [0, 0.1) is 6.92 Å². The SMILES string of the molecule is CCn1c(SCC(=O)Nc2sc(C(=O)OC)c(C)c2C(=O)OC)nnc1-c1ccccc1Cl. The summed E-state index contributed by atoms with van der Waals surface area (Å²) in [6.07, 6.45) is 0. The lowest BCUT2D eigenvalue weighted by Crippen LogP contribution is -2.16. The minimum absolute atomic E-state index is 0.00573. The number of nitrogens with zero attached hydrogens (tertiary/aromatic N) is 3. The van der Waals surface area contributed by atoms with Crippen molar-refractivity contribution in [3.63, 3.8) is 0 Å². The van der Waals surface area contributed by atoms with Gasteiger partial charge >= 0.3 is 11.9 Å². The summed E-state index contributed by atoms with van der Waals surface area (Å²) in [4.78, 5) is 37.1. The van der Waals surface area contributed by atoms with E-state index < -0.39 is 11.9 Å². The van der Waals surface area contributed by atoms with Crippen LogP contribution >= 0.6 is 34.7 Å². The highest BCUT2D eigenvalue weighted by atomic mass is 35.5. The molecule has 3 aromatic rings.